The van der Waals surface area contributed by atoms with Gasteiger partial charge < -0.3 is 29.2 Å². The van der Waals surface area contributed by atoms with Crippen molar-refractivity contribution in [1.82, 2.24) is 9.97 Å². The highest BCUT2D eigenvalue weighted by Gasteiger charge is 2.24. The Hall–Kier alpha value is -6.63. The zero-order valence-corrected chi connectivity index (χ0v) is 36.8. The molecule has 0 amide bonds. The van der Waals surface area contributed by atoms with Crippen molar-refractivity contribution in [3.63, 3.8) is 0 Å². The SMILES string of the molecule is CCc1cc(Cl)c(OCc2cccc(-c3cccc(COc4cc(OCc5cncc(C#N)c5)c(CCC(C(=O)O)C(C)O)cc4Cl)c3C)c2C)cc1OCc1cncc(C#N)c1. The van der Waals surface area contributed by atoms with Gasteiger partial charge in [-0.15, -0.1) is 0 Å². The smallest absolute Gasteiger partial charge is 0.309 e. The number of nitriles is 2. The summed E-state index contributed by atoms with van der Waals surface area (Å²) >= 11 is 13.5. The number of rotatable bonds is 19. The van der Waals surface area contributed by atoms with E-state index in [0.29, 0.717) is 61.7 Å². The molecular weight excluding hydrogens is 839 g/mol. The number of carbonyl (C=O) groups is 1. The molecule has 4 aromatic carbocycles. The van der Waals surface area contributed by atoms with Crippen molar-refractivity contribution in [3.05, 3.63) is 163 Å². The number of ether oxygens (including phenoxy) is 4. The topological polar surface area (TPSA) is 168 Å². The predicted molar refractivity (Wildman–Crippen MR) is 240 cm³/mol. The monoisotopic (exact) mass is 884 g/mol. The van der Waals surface area contributed by atoms with E-state index in [1.54, 1.807) is 36.7 Å². The fourth-order valence-corrected chi connectivity index (χ4v) is 7.63. The maximum Gasteiger partial charge on any atom is 0.309 e. The number of aryl methyl sites for hydroxylation is 2. The van der Waals surface area contributed by atoms with Crippen LogP contribution in [0.1, 0.15) is 75.9 Å². The number of hydrogen-bond acceptors (Lipinski definition) is 10. The van der Waals surface area contributed by atoms with Gasteiger partial charge in [0.15, 0.2) is 0 Å². The van der Waals surface area contributed by atoms with Crippen molar-refractivity contribution in [1.29, 1.82) is 10.5 Å². The number of aliphatic hydroxyl groups is 1. The lowest BCUT2D eigenvalue weighted by Crippen LogP contribution is -2.26. The summed E-state index contributed by atoms with van der Waals surface area (Å²) in [7, 11) is 0. The zero-order chi connectivity index (χ0) is 45.0. The van der Waals surface area contributed by atoms with Crippen molar-refractivity contribution in [2.75, 3.05) is 0 Å². The zero-order valence-electron chi connectivity index (χ0n) is 35.3. The lowest BCUT2D eigenvalue weighted by atomic mass is 9.92. The van der Waals surface area contributed by atoms with Crippen LogP contribution < -0.4 is 18.9 Å². The van der Waals surface area contributed by atoms with E-state index < -0.39 is 18.0 Å². The minimum Gasteiger partial charge on any atom is -0.488 e. The molecule has 0 aliphatic rings. The lowest BCUT2D eigenvalue weighted by molar-refractivity contribution is -0.145. The van der Waals surface area contributed by atoms with Crippen LogP contribution in [0, 0.1) is 42.4 Å². The molecule has 2 N–H and O–H groups in total. The van der Waals surface area contributed by atoms with Gasteiger partial charge in [0.25, 0.3) is 0 Å². The van der Waals surface area contributed by atoms with Gasteiger partial charge in [0.05, 0.1) is 33.2 Å². The summed E-state index contributed by atoms with van der Waals surface area (Å²) < 4.78 is 25.1. The number of benzene rings is 4. The van der Waals surface area contributed by atoms with Gasteiger partial charge in [-0.05, 0) is 109 Å². The van der Waals surface area contributed by atoms with Gasteiger partial charge in [-0.3, -0.25) is 14.8 Å². The molecule has 0 radical (unpaired) electrons. The normalized spacial score (nSPS) is 11.8. The Labute approximate surface area is 377 Å². The van der Waals surface area contributed by atoms with Crippen molar-refractivity contribution in [3.8, 4) is 46.3 Å². The first-order valence-electron chi connectivity index (χ1n) is 20.3. The fourth-order valence-electron chi connectivity index (χ4n) is 7.15. The van der Waals surface area contributed by atoms with E-state index in [4.69, 9.17) is 42.1 Å². The number of aromatic nitrogens is 2. The third-order valence-electron chi connectivity index (χ3n) is 10.8. The van der Waals surface area contributed by atoms with E-state index in [9.17, 15) is 25.5 Å². The number of aliphatic hydroxyl groups excluding tert-OH is 1. The first kappa shape index (κ1) is 45.9. The molecule has 11 nitrogen and oxygen atoms in total. The van der Waals surface area contributed by atoms with E-state index in [1.165, 1.54) is 19.3 Å². The molecule has 2 heterocycles. The predicted octanol–water partition coefficient (Wildman–Crippen LogP) is 10.7. The van der Waals surface area contributed by atoms with E-state index in [1.807, 2.05) is 50.2 Å². The largest absolute Gasteiger partial charge is 0.488 e. The number of carboxylic acid groups (broad SMARTS) is 1. The highest BCUT2D eigenvalue weighted by Crippen LogP contribution is 2.38. The molecule has 13 heteroatoms. The van der Waals surface area contributed by atoms with Gasteiger partial charge in [0, 0.05) is 48.0 Å². The molecule has 2 unspecified atom stereocenters. The van der Waals surface area contributed by atoms with Gasteiger partial charge in [0.2, 0.25) is 0 Å². The molecule has 6 rings (SSSR count). The number of halogens is 2. The quantitative estimate of drug-likeness (QED) is 0.0794. The second kappa shape index (κ2) is 21.4. The van der Waals surface area contributed by atoms with Gasteiger partial charge in [-0.25, -0.2) is 0 Å². The lowest BCUT2D eigenvalue weighted by Gasteiger charge is -2.19. The molecule has 6 aromatic rings. The highest BCUT2D eigenvalue weighted by atomic mass is 35.5. The van der Waals surface area contributed by atoms with Crippen LogP contribution >= 0.6 is 23.2 Å². The molecule has 0 fully saturated rings. The van der Waals surface area contributed by atoms with Crippen LogP contribution in [0.25, 0.3) is 11.1 Å². The molecule has 322 valence electrons. The van der Waals surface area contributed by atoms with Gasteiger partial charge >= 0.3 is 5.97 Å². The Morgan fingerprint density at radius 1 is 0.667 bits per heavy atom. The average molecular weight is 886 g/mol. The highest BCUT2D eigenvalue weighted by molar-refractivity contribution is 6.32. The van der Waals surface area contributed by atoms with E-state index in [0.717, 1.165) is 44.5 Å². The van der Waals surface area contributed by atoms with Gasteiger partial charge in [-0.1, -0.05) is 66.5 Å². The van der Waals surface area contributed by atoms with Crippen LogP contribution in [-0.2, 0) is 44.1 Å². The fraction of sp³-hybridized carbons (Fsp3) is 0.260. The second-order valence-electron chi connectivity index (χ2n) is 15.1. The molecule has 0 saturated heterocycles. The van der Waals surface area contributed by atoms with Crippen LogP contribution in [0.3, 0.4) is 0 Å². The second-order valence-corrected chi connectivity index (χ2v) is 15.9. The number of nitrogens with zero attached hydrogens (tertiary/aromatic N) is 4. The molecule has 2 aromatic heterocycles. The molecule has 2 atom stereocenters. The van der Waals surface area contributed by atoms with E-state index in [-0.39, 0.29) is 39.3 Å². The summed E-state index contributed by atoms with van der Waals surface area (Å²) in [5.74, 6) is -0.146. The van der Waals surface area contributed by atoms with E-state index in [2.05, 4.69) is 41.2 Å². The maximum absolute atomic E-state index is 11.8. The molecular formula is C50H46Cl2N4O7. The van der Waals surface area contributed by atoms with Crippen LogP contribution in [0.15, 0.2) is 97.6 Å². The summed E-state index contributed by atoms with van der Waals surface area (Å²) in [5, 5.41) is 39.2. The summed E-state index contributed by atoms with van der Waals surface area (Å²) in [6, 6.07) is 26.8. The maximum atomic E-state index is 11.8. The minimum absolute atomic E-state index is 0.0894. The molecule has 63 heavy (non-hydrogen) atoms. The van der Waals surface area contributed by atoms with Crippen LogP contribution in [0.5, 0.6) is 23.0 Å². The molecule has 0 saturated carbocycles. The third kappa shape index (κ3) is 11.6. The molecule has 0 aliphatic heterocycles. The number of aliphatic carboxylic acids is 1. The van der Waals surface area contributed by atoms with E-state index >= 15 is 0 Å². The third-order valence-corrected chi connectivity index (χ3v) is 11.4. The Balaban J connectivity index is 1.19. The Morgan fingerprint density at radius 2 is 1.13 bits per heavy atom. The van der Waals surface area contributed by atoms with Crippen molar-refractivity contribution >= 4 is 29.2 Å². The van der Waals surface area contributed by atoms with Crippen LogP contribution in [0.2, 0.25) is 10.0 Å². The summed E-state index contributed by atoms with van der Waals surface area (Å²) in [4.78, 5) is 20.1. The molecule has 0 aliphatic carbocycles. The number of pyridine rings is 2. The summed E-state index contributed by atoms with van der Waals surface area (Å²) in [6.45, 7) is 8.35. The standard InChI is InChI=1S/C50H46Cl2N4O7/c1-5-37-16-44(51)48(18-46(37)60-26-35-14-33(20-53)22-55-24-35)62-28-39-8-6-10-41(30(39)2)42-11-7-9-40(31(42)3)29-63-49-19-47(61-27-36-15-34(21-54)23-56-25-36)38(17-45(49)52)12-13-43(32(4)57)50(58)59/h6-11,14-19,22-25,32,43,57H,5,12-13,26-29H2,1-4H3,(H,58,59). The van der Waals surface area contributed by atoms with Crippen molar-refractivity contribution < 1.29 is 34.0 Å². The molecule has 0 spiro atoms. The first-order valence-corrected chi connectivity index (χ1v) is 21.1. The van der Waals surface area contributed by atoms with Crippen LogP contribution in [0.4, 0.5) is 0 Å². The summed E-state index contributed by atoms with van der Waals surface area (Å²) in [6.07, 6.45) is 6.32. The average Bonchev–Trinajstić information content (AvgIpc) is 3.28. The van der Waals surface area contributed by atoms with Crippen molar-refractivity contribution in [2.24, 2.45) is 5.92 Å². The number of hydrogen-bond donors (Lipinski definition) is 2. The van der Waals surface area contributed by atoms with Crippen LogP contribution in [-0.4, -0.2) is 32.3 Å². The Bertz CT molecular complexity index is 2690. The first-order chi connectivity index (χ1) is 30.4. The Morgan fingerprint density at radius 3 is 1.57 bits per heavy atom. The number of carboxylic acids is 1. The van der Waals surface area contributed by atoms with Gasteiger partial charge in [0.1, 0.15) is 61.6 Å². The Kier molecular flexibility index (Phi) is 15.6. The molecule has 0 bridgehead atoms. The summed E-state index contributed by atoms with van der Waals surface area (Å²) in [5.41, 5.74) is 9.90. The minimum atomic E-state index is -1.09. The van der Waals surface area contributed by atoms with Crippen molar-refractivity contribution in [2.45, 2.75) is 79.5 Å². The van der Waals surface area contributed by atoms with Gasteiger partial charge in [-0.2, -0.15) is 10.5 Å².